The number of aromatic carboxylic acids is 1. The summed E-state index contributed by atoms with van der Waals surface area (Å²) in [5.41, 5.74) is -1.84. The zero-order valence-electron chi connectivity index (χ0n) is 19.1. The fraction of sp³-hybridized carbons (Fsp3) is 0.333. The van der Waals surface area contributed by atoms with Crippen LogP contribution in [-0.4, -0.2) is 59.7 Å². The molecule has 2 aromatic carbocycles. The monoisotopic (exact) mass is 505 g/mol. The Morgan fingerprint density at radius 3 is 2.69 bits per heavy atom. The highest BCUT2D eigenvalue weighted by Gasteiger charge is 2.47. The molecule has 1 aliphatic rings. The number of hydrogen-bond acceptors (Lipinski definition) is 5. The van der Waals surface area contributed by atoms with Crippen molar-refractivity contribution in [1.29, 1.82) is 0 Å². The number of alkyl halides is 1. The maximum atomic E-state index is 16.1. The molecule has 186 valence electrons. The molecule has 2 aromatic rings. The number of carboxylic acids is 1. The third-order valence-electron chi connectivity index (χ3n) is 5.70. The van der Waals surface area contributed by atoms with Crippen molar-refractivity contribution in [2.24, 2.45) is 0 Å². The molecule has 0 radical (unpaired) electrons. The summed E-state index contributed by atoms with van der Waals surface area (Å²) in [6.07, 6.45) is -0.138. The van der Waals surface area contributed by atoms with Gasteiger partial charge in [0, 0.05) is 11.4 Å². The molecule has 0 aliphatic carbocycles. The van der Waals surface area contributed by atoms with Crippen LogP contribution in [0.25, 0.3) is 0 Å². The number of hydrogen-bond donors (Lipinski definition) is 3. The number of benzene rings is 2. The van der Waals surface area contributed by atoms with Crippen molar-refractivity contribution in [3.8, 4) is 5.75 Å². The first kappa shape index (κ1) is 26.0. The number of methoxy groups -OCH3 is 1. The van der Waals surface area contributed by atoms with Crippen LogP contribution in [0.1, 0.15) is 40.9 Å². The van der Waals surface area contributed by atoms with E-state index < -0.39 is 55.0 Å². The maximum Gasteiger partial charge on any atom is 0.335 e. The summed E-state index contributed by atoms with van der Waals surface area (Å²) in [5.74, 6) is -2.72. The van der Waals surface area contributed by atoms with E-state index in [0.29, 0.717) is 33.2 Å². The number of carbonyl (C=O) groups excluding carboxylic acids is 3. The number of nitrogens with one attached hydrogen (secondary N) is 2. The molecule has 0 bridgehead atoms. The molecule has 3 rings (SSSR count). The van der Waals surface area contributed by atoms with Gasteiger partial charge in [0.2, 0.25) is 11.6 Å². The highest BCUT2D eigenvalue weighted by Crippen LogP contribution is 2.30. The zero-order valence-corrected chi connectivity index (χ0v) is 19.9. The smallest absolute Gasteiger partial charge is 0.335 e. The number of amides is 4. The Hall–Kier alpha value is -3.66. The van der Waals surface area contributed by atoms with Gasteiger partial charge in [0.1, 0.15) is 12.3 Å². The van der Waals surface area contributed by atoms with Crippen LogP contribution in [-0.2, 0) is 16.0 Å². The molecule has 11 heteroatoms. The van der Waals surface area contributed by atoms with Crippen molar-refractivity contribution in [3.05, 3.63) is 64.2 Å². The van der Waals surface area contributed by atoms with Gasteiger partial charge in [-0.1, -0.05) is 30.7 Å². The van der Waals surface area contributed by atoms with E-state index >= 15 is 4.39 Å². The molecule has 4 amide bonds. The highest BCUT2D eigenvalue weighted by molar-refractivity contribution is 6.30. The lowest BCUT2D eigenvalue weighted by molar-refractivity contribution is -0.140. The fourth-order valence-electron chi connectivity index (χ4n) is 3.85. The maximum absolute atomic E-state index is 16.1. The predicted octanol–water partition coefficient (Wildman–Crippen LogP) is 3.12. The van der Waals surface area contributed by atoms with Gasteiger partial charge in [-0.25, -0.2) is 14.0 Å². The Labute approximate surface area is 206 Å². The molecule has 2 unspecified atom stereocenters. The van der Waals surface area contributed by atoms with Gasteiger partial charge in [-0.3, -0.25) is 14.5 Å². The van der Waals surface area contributed by atoms with Gasteiger partial charge in [-0.05, 0) is 47.9 Å². The van der Waals surface area contributed by atoms with Crippen molar-refractivity contribution < 1.29 is 33.4 Å². The SMILES string of the molecule is CCC(NC(=O)N1CC(=O)NCC(F)(Cc2cc(Cl)ccc2OC)C1=O)c1cccc(C(=O)O)c1. The van der Waals surface area contributed by atoms with Crippen LogP contribution in [0.15, 0.2) is 42.5 Å². The summed E-state index contributed by atoms with van der Waals surface area (Å²) in [4.78, 5) is 50.4. The Balaban J connectivity index is 1.87. The second-order valence-electron chi connectivity index (χ2n) is 8.11. The Kier molecular flexibility index (Phi) is 7.96. The third kappa shape index (κ3) is 5.89. The highest BCUT2D eigenvalue weighted by atomic mass is 35.5. The van der Waals surface area contributed by atoms with Gasteiger partial charge in [-0.15, -0.1) is 0 Å². The van der Waals surface area contributed by atoms with E-state index in [-0.39, 0.29) is 5.56 Å². The number of carbonyl (C=O) groups is 4. The van der Waals surface area contributed by atoms with Crippen molar-refractivity contribution in [3.63, 3.8) is 0 Å². The van der Waals surface area contributed by atoms with Gasteiger partial charge in [-0.2, -0.15) is 0 Å². The summed E-state index contributed by atoms with van der Waals surface area (Å²) in [7, 11) is 1.39. The van der Waals surface area contributed by atoms with E-state index in [1.807, 2.05) is 0 Å². The lowest BCUT2D eigenvalue weighted by Crippen LogP contribution is -2.54. The average molecular weight is 506 g/mol. The first-order valence-electron chi connectivity index (χ1n) is 10.8. The molecule has 2 atom stereocenters. The first-order chi connectivity index (χ1) is 16.6. The number of urea groups is 1. The number of imide groups is 1. The topological polar surface area (TPSA) is 125 Å². The molecule has 1 heterocycles. The van der Waals surface area contributed by atoms with Gasteiger partial charge in [0.25, 0.3) is 5.91 Å². The molecule has 1 fully saturated rings. The number of rotatable bonds is 7. The van der Waals surface area contributed by atoms with Crippen LogP contribution in [0.5, 0.6) is 5.75 Å². The molecular formula is C24H25ClFN3O6. The summed E-state index contributed by atoms with van der Waals surface area (Å²) < 4.78 is 21.3. The Morgan fingerprint density at radius 1 is 1.29 bits per heavy atom. The van der Waals surface area contributed by atoms with Gasteiger partial charge < -0.3 is 20.5 Å². The molecule has 1 aliphatic heterocycles. The summed E-state index contributed by atoms with van der Waals surface area (Å²) in [6.45, 7) is 0.441. The van der Waals surface area contributed by atoms with Crippen LogP contribution in [0.4, 0.5) is 9.18 Å². The van der Waals surface area contributed by atoms with Crippen LogP contribution in [0.3, 0.4) is 0 Å². The number of carboxylic acid groups (broad SMARTS) is 1. The standard InChI is InChI=1S/C24H25ClFN3O6/c1-3-18(14-5-4-6-15(9-14)21(31)32)28-23(34)29-12-20(30)27-13-24(26,22(29)33)11-16-10-17(25)7-8-19(16)35-2/h4-10,18H,3,11-13H2,1-2H3,(H,27,30)(H,28,34)(H,31,32). The molecule has 35 heavy (non-hydrogen) atoms. The van der Waals surface area contributed by atoms with E-state index in [4.69, 9.17) is 16.3 Å². The van der Waals surface area contributed by atoms with Crippen molar-refractivity contribution >= 4 is 35.4 Å². The fourth-order valence-corrected chi connectivity index (χ4v) is 4.05. The Bertz CT molecular complexity index is 1160. The minimum absolute atomic E-state index is 0.0265. The number of nitrogens with zero attached hydrogens (tertiary/aromatic N) is 1. The third-order valence-corrected chi connectivity index (χ3v) is 5.93. The lowest BCUT2D eigenvalue weighted by Gasteiger charge is -2.28. The molecular weight excluding hydrogens is 481 g/mol. The minimum Gasteiger partial charge on any atom is -0.496 e. The summed E-state index contributed by atoms with van der Waals surface area (Å²) in [6, 6.07) is 8.85. The lowest BCUT2D eigenvalue weighted by atomic mass is 9.94. The van der Waals surface area contributed by atoms with Crippen LogP contribution in [0, 0.1) is 0 Å². The quantitative estimate of drug-likeness (QED) is 0.531. The molecule has 9 nitrogen and oxygen atoms in total. The van der Waals surface area contributed by atoms with E-state index in [9.17, 15) is 24.3 Å². The van der Waals surface area contributed by atoms with E-state index in [1.165, 1.54) is 37.4 Å². The van der Waals surface area contributed by atoms with E-state index in [2.05, 4.69) is 10.6 Å². The average Bonchev–Trinajstić information content (AvgIpc) is 2.94. The largest absolute Gasteiger partial charge is 0.496 e. The van der Waals surface area contributed by atoms with Crippen molar-refractivity contribution in [1.82, 2.24) is 15.5 Å². The first-order valence-corrected chi connectivity index (χ1v) is 11.2. The molecule has 0 spiro atoms. The number of halogens is 2. The molecule has 0 aromatic heterocycles. The summed E-state index contributed by atoms with van der Waals surface area (Å²) >= 11 is 6.03. The second kappa shape index (κ2) is 10.7. The molecule has 3 N–H and O–H groups in total. The van der Waals surface area contributed by atoms with E-state index in [1.54, 1.807) is 19.1 Å². The van der Waals surface area contributed by atoms with Crippen LogP contribution >= 0.6 is 11.6 Å². The van der Waals surface area contributed by atoms with Gasteiger partial charge in [0.15, 0.2) is 0 Å². The van der Waals surface area contributed by atoms with E-state index in [0.717, 1.165) is 0 Å². The summed E-state index contributed by atoms with van der Waals surface area (Å²) in [5, 5.41) is 14.5. The zero-order chi connectivity index (χ0) is 25.8. The molecule has 1 saturated heterocycles. The minimum atomic E-state index is -2.65. The second-order valence-corrected chi connectivity index (χ2v) is 8.54. The number of ether oxygens (including phenoxy) is 1. The van der Waals surface area contributed by atoms with Crippen LogP contribution < -0.4 is 15.4 Å². The van der Waals surface area contributed by atoms with Gasteiger partial charge >= 0.3 is 12.0 Å². The van der Waals surface area contributed by atoms with Crippen molar-refractivity contribution in [2.45, 2.75) is 31.5 Å². The Morgan fingerprint density at radius 2 is 2.03 bits per heavy atom. The normalized spacial score (nSPS) is 18.9. The van der Waals surface area contributed by atoms with Gasteiger partial charge in [0.05, 0.1) is 25.3 Å². The van der Waals surface area contributed by atoms with Crippen molar-refractivity contribution in [2.75, 3.05) is 20.2 Å². The predicted molar refractivity (Wildman–Crippen MR) is 125 cm³/mol. The molecule has 0 saturated carbocycles. The van der Waals surface area contributed by atoms with Crippen LogP contribution in [0.2, 0.25) is 5.02 Å².